The number of amides is 1. The van der Waals surface area contributed by atoms with E-state index in [0.29, 0.717) is 5.69 Å². The van der Waals surface area contributed by atoms with Crippen molar-refractivity contribution in [1.29, 1.82) is 0 Å². The van der Waals surface area contributed by atoms with Gasteiger partial charge in [0.1, 0.15) is 0 Å². The molecule has 0 spiro atoms. The second-order valence-corrected chi connectivity index (χ2v) is 2.48. The van der Waals surface area contributed by atoms with Crippen LogP contribution in [0.2, 0.25) is 0 Å². The molecular formula is C8H7FKNO. The van der Waals surface area contributed by atoms with Crippen LogP contribution >= 0.6 is 0 Å². The average Bonchev–Trinajstić information content (AvgIpc) is 2.30. The van der Waals surface area contributed by atoms with Crippen molar-refractivity contribution in [2.75, 3.05) is 5.12 Å². The van der Waals surface area contributed by atoms with Gasteiger partial charge in [-0.2, -0.15) is 0 Å². The van der Waals surface area contributed by atoms with Crippen molar-refractivity contribution in [3.8, 4) is 0 Å². The van der Waals surface area contributed by atoms with E-state index in [4.69, 9.17) is 0 Å². The number of carbonyl (C=O) groups excluding carboxylic acids is 1. The van der Waals surface area contributed by atoms with Gasteiger partial charge in [0.2, 0.25) is 0 Å². The summed E-state index contributed by atoms with van der Waals surface area (Å²) < 4.78 is 12.8. The fourth-order valence-corrected chi connectivity index (χ4v) is 1.22. The van der Waals surface area contributed by atoms with Crippen LogP contribution in [0.25, 0.3) is 0 Å². The zero-order chi connectivity index (χ0) is 7.84. The van der Waals surface area contributed by atoms with Crippen molar-refractivity contribution < 1.29 is 9.28 Å². The summed E-state index contributed by atoms with van der Waals surface area (Å²) in [7, 11) is 0. The van der Waals surface area contributed by atoms with Gasteiger partial charge in [-0.15, -0.1) is 5.12 Å². The molecule has 0 aromatic heterocycles. The van der Waals surface area contributed by atoms with Crippen molar-refractivity contribution in [1.82, 2.24) is 0 Å². The SMILES string of the molecule is O=C1Cc2ccccc2N1F.[KH]. The molecule has 1 aromatic rings. The Morgan fingerprint density at radius 3 is 2.67 bits per heavy atom. The third-order valence-electron chi connectivity index (χ3n) is 1.76. The van der Waals surface area contributed by atoms with E-state index in [-0.39, 0.29) is 62.9 Å². The predicted molar refractivity (Wildman–Crippen MR) is 45.9 cm³/mol. The number of fused-ring (bicyclic) bond motifs is 1. The molecule has 4 heteroatoms. The van der Waals surface area contributed by atoms with Crippen molar-refractivity contribution in [3.63, 3.8) is 0 Å². The molecule has 2 nitrogen and oxygen atoms in total. The molecule has 58 valence electrons. The number of hydrogen-bond donors (Lipinski definition) is 0. The van der Waals surface area contributed by atoms with E-state index in [9.17, 15) is 9.28 Å². The van der Waals surface area contributed by atoms with Crippen LogP contribution in [0.15, 0.2) is 24.3 Å². The normalized spacial score (nSPS) is 14.1. The van der Waals surface area contributed by atoms with Crippen molar-refractivity contribution in [2.45, 2.75) is 6.42 Å². The first-order chi connectivity index (χ1) is 5.29. The van der Waals surface area contributed by atoms with Gasteiger partial charge in [-0.25, -0.2) is 0 Å². The van der Waals surface area contributed by atoms with Crippen molar-refractivity contribution in [2.24, 2.45) is 0 Å². The predicted octanol–water partition coefficient (Wildman–Crippen LogP) is 0.812. The molecule has 0 radical (unpaired) electrons. The topological polar surface area (TPSA) is 20.3 Å². The molecule has 1 aliphatic rings. The van der Waals surface area contributed by atoms with Crippen LogP contribution in [0.3, 0.4) is 0 Å². The van der Waals surface area contributed by atoms with Crippen molar-refractivity contribution >= 4 is 63.0 Å². The van der Waals surface area contributed by atoms with Crippen LogP contribution in [0.1, 0.15) is 5.56 Å². The summed E-state index contributed by atoms with van der Waals surface area (Å²) >= 11 is 0. The van der Waals surface area contributed by atoms with Crippen molar-refractivity contribution in [3.05, 3.63) is 29.8 Å². The molecule has 0 bridgehead atoms. The molecule has 0 saturated carbocycles. The third-order valence-corrected chi connectivity index (χ3v) is 1.76. The molecule has 0 aliphatic carbocycles. The second-order valence-electron chi connectivity index (χ2n) is 2.48. The number of para-hydroxylation sites is 1. The summed E-state index contributed by atoms with van der Waals surface area (Å²) in [4.78, 5) is 10.8. The van der Waals surface area contributed by atoms with Crippen LogP contribution in [0, 0.1) is 0 Å². The van der Waals surface area contributed by atoms with Gasteiger partial charge in [-0.1, -0.05) is 22.7 Å². The Kier molecular flexibility index (Phi) is 3.43. The van der Waals surface area contributed by atoms with Gasteiger partial charge in [-0.05, 0) is 11.6 Å². The van der Waals surface area contributed by atoms with Crippen LogP contribution in [0.5, 0.6) is 0 Å². The van der Waals surface area contributed by atoms with E-state index in [0.717, 1.165) is 5.56 Å². The molecule has 0 saturated heterocycles. The number of hydrogen-bond acceptors (Lipinski definition) is 1. The molecule has 12 heavy (non-hydrogen) atoms. The summed E-state index contributed by atoms with van der Waals surface area (Å²) in [6.45, 7) is 0. The Labute approximate surface area is 112 Å². The van der Waals surface area contributed by atoms with E-state index in [1.54, 1.807) is 24.3 Å². The molecule has 2 rings (SSSR count). The Bertz CT molecular complexity index is 316. The van der Waals surface area contributed by atoms with E-state index >= 15 is 0 Å². The molecule has 0 unspecified atom stereocenters. The Balaban J connectivity index is 0.000000720. The molecule has 0 fully saturated rings. The standard InChI is InChI=1S/C8H6FNO.K.H/c9-10-7-4-2-1-3-6(7)5-8(10)11;;/h1-4H,5H2;;. The Morgan fingerprint density at radius 1 is 1.33 bits per heavy atom. The number of anilines is 1. The van der Waals surface area contributed by atoms with Gasteiger partial charge in [0, 0.05) is 0 Å². The van der Waals surface area contributed by atoms with Crippen LogP contribution in [-0.2, 0) is 11.2 Å². The fraction of sp³-hybridized carbons (Fsp3) is 0.125. The Hall–Kier alpha value is 0.256. The number of rotatable bonds is 0. The van der Waals surface area contributed by atoms with E-state index in [1.807, 2.05) is 0 Å². The third kappa shape index (κ3) is 1.62. The van der Waals surface area contributed by atoms with Gasteiger partial charge in [0.15, 0.2) is 0 Å². The van der Waals surface area contributed by atoms with Gasteiger partial charge < -0.3 is 0 Å². The number of carbonyl (C=O) groups is 1. The van der Waals surface area contributed by atoms with Gasteiger partial charge >= 0.3 is 51.4 Å². The molecule has 0 atom stereocenters. The average molecular weight is 191 g/mol. The van der Waals surface area contributed by atoms with Gasteiger partial charge in [0.25, 0.3) is 5.91 Å². The van der Waals surface area contributed by atoms with E-state index < -0.39 is 5.91 Å². The molecule has 0 N–H and O–H groups in total. The summed E-state index contributed by atoms with van der Waals surface area (Å²) in [5.74, 6) is -0.480. The monoisotopic (exact) mass is 191 g/mol. The van der Waals surface area contributed by atoms with Gasteiger partial charge in [0.05, 0.1) is 12.1 Å². The fourth-order valence-electron chi connectivity index (χ4n) is 1.22. The molecule has 1 heterocycles. The number of halogens is 1. The summed E-state index contributed by atoms with van der Waals surface area (Å²) in [5, 5.41) is 0.204. The Morgan fingerprint density at radius 2 is 2.00 bits per heavy atom. The first kappa shape index (κ1) is 10.3. The maximum absolute atomic E-state index is 12.8. The van der Waals surface area contributed by atoms with E-state index in [2.05, 4.69) is 0 Å². The zero-order valence-electron chi connectivity index (χ0n) is 5.75. The minimum absolute atomic E-state index is 0. The summed E-state index contributed by atoms with van der Waals surface area (Å²) in [6, 6.07) is 6.86. The summed E-state index contributed by atoms with van der Waals surface area (Å²) in [6.07, 6.45) is 0.187. The zero-order valence-corrected chi connectivity index (χ0v) is 5.75. The molecule has 1 aliphatic heterocycles. The quantitative estimate of drug-likeness (QED) is 0.439. The van der Waals surface area contributed by atoms with Crippen LogP contribution < -0.4 is 5.12 Å². The number of benzene rings is 1. The molecular weight excluding hydrogens is 184 g/mol. The first-order valence-corrected chi connectivity index (χ1v) is 3.35. The second kappa shape index (κ2) is 3.98. The maximum atomic E-state index is 12.8. The van der Waals surface area contributed by atoms with Crippen LogP contribution in [0.4, 0.5) is 10.2 Å². The molecule has 1 amide bonds. The van der Waals surface area contributed by atoms with Crippen LogP contribution in [-0.4, -0.2) is 57.3 Å². The number of nitrogens with zero attached hydrogens (tertiary/aromatic N) is 1. The minimum atomic E-state index is -0.480. The van der Waals surface area contributed by atoms with Gasteiger partial charge in [-0.3, -0.25) is 4.79 Å². The van der Waals surface area contributed by atoms with E-state index in [1.165, 1.54) is 0 Å². The summed E-state index contributed by atoms with van der Waals surface area (Å²) in [5.41, 5.74) is 1.15. The first-order valence-electron chi connectivity index (χ1n) is 3.35. The molecule has 1 aromatic carbocycles.